The number of aromatic nitrogens is 2. The lowest BCUT2D eigenvalue weighted by atomic mass is 9.97. The number of carboxylic acids is 1. The van der Waals surface area contributed by atoms with Gasteiger partial charge in [0.2, 0.25) is 0 Å². The van der Waals surface area contributed by atoms with E-state index in [0.29, 0.717) is 17.9 Å². The van der Waals surface area contributed by atoms with Gasteiger partial charge in [-0.3, -0.25) is 4.90 Å². The Balaban J connectivity index is 0.000000532. The fourth-order valence-corrected chi connectivity index (χ4v) is 3.91. The van der Waals surface area contributed by atoms with Crippen molar-refractivity contribution in [2.75, 3.05) is 12.0 Å². The average Bonchev–Trinajstić information content (AvgIpc) is 3.35. The molecule has 0 radical (unpaired) electrons. The number of urea groups is 1. The van der Waals surface area contributed by atoms with Crippen molar-refractivity contribution >= 4 is 17.7 Å². The van der Waals surface area contributed by atoms with E-state index in [1.54, 1.807) is 18.3 Å². The lowest BCUT2D eigenvalue weighted by Crippen LogP contribution is -2.40. The Labute approximate surface area is 223 Å². The summed E-state index contributed by atoms with van der Waals surface area (Å²) in [5, 5.41) is 7.12. The molecule has 204 valence electrons. The summed E-state index contributed by atoms with van der Waals surface area (Å²) in [7, 11) is 1.61. The van der Waals surface area contributed by atoms with E-state index in [4.69, 9.17) is 20.4 Å². The first-order valence-electron chi connectivity index (χ1n) is 11.7. The first kappa shape index (κ1) is 28.8. The first-order valence-corrected chi connectivity index (χ1v) is 11.7. The zero-order valence-corrected chi connectivity index (χ0v) is 21.2. The number of halogens is 3. The number of amides is 2. The molecule has 1 heterocycles. The Morgan fingerprint density at radius 2 is 1.64 bits per heavy atom. The molecule has 0 saturated heterocycles. The molecule has 0 bridgehead atoms. The summed E-state index contributed by atoms with van der Waals surface area (Å²) in [6, 6.07) is 24.9. The molecular weight excluding hydrogens is 513 g/mol. The molecule has 0 aliphatic carbocycles. The number of hydrogen-bond donors (Lipinski definition) is 2. The summed E-state index contributed by atoms with van der Waals surface area (Å²) in [6.07, 6.45) is -0.801. The van der Waals surface area contributed by atoms with Crippen molar-refractivity contribution in [2.45, 2.75) is 25.6 Å². The summed E-state index contributed by atoms with van der Waals surface area (Å²) in [6.45, 7) is 1.93. The number of aliphatic carboxylic acids is 1. The molecule has 3 N–H and O–H groups in total. The number of methoxy groups -OCH3 is 1. The van der Waals surface area contributed by atoms with Gasteiger partial charge in [0.15, 0.2) is 0 Å². The molecule has 1 atom stereocenters. The number of benzene rings is 3. The third kappa shape index (κ3) is 7.60. The number of carboxylic acid groups (broad SMARTS) is 1. The lowest BCUT2D eigenvalue weighted by molar-refractivity contribution is -0.192. The van der Waals surface area contributed by atoms with E-state index in [-0.39, 0.29) is 6.04 Å². The third-order valence-corrected chi connectivity index (χ3v) is 5.68. The van der Waals surface area contributed by atoms with Crippen LogP contribution in [0.4, 0.5) is 23.7 Å². The highest BCUT2D eigenvalue weighted by Crippen LogP contribution is 2.35. The zero-order valence-electron chi connectivity index (χ0n) is 21.2. The van der Waals surface area contributed by atoms with Crippen LogP contribution in [0, 0.1) is 6.92 Å². The topological polar surface area (TPSA) is 111 Å². The van der Waals surface area contributed by atoms with E-state index in [9.17, 15) is 18.0 Å². The van der Waals surface area contributed by atoms with Gasteiger partial charge in [0.25, 0.3) is 0 Å². The Kier molecular flexibility index (Phi) is 9.32. The van der Waals surface area contributed by atoms with E-state index >= 15 is 0 Å². The van der Waals surface area contributed by atoms with Crippen LogP contribution in [-0.2, 0) is 11.2 Å². The largest absolute Gasteiger partial charge is 0.494 e. The maximum absolute atomic E-state index is 12.8. The molecule has 11 heteroatoms. The Morgan fingerprint density at radius 1 is 1.05 bits per heavy atom. The molecular formula is C28H27F3N4O4. The molecule has 1 aromatic heterocycles. The SMILES string of the molecule is COc1cc(N(C(N)=O)C(Cc2ccccc2)c2ccccc2)ccc1-n1cnc(C)c1.O=C(O)C(F)(F)F. The van der Waals surface area contributed by atoms with Crippen molar-refractivity contribution in [3.8, 4) is 11.4 Å². The van der Waals surface area contributed by atoms with E-state index in [1.807, 2.05) is 84.4 Å². The second-order valence-electron chi connectivity index (χ2n) is 8.41. The quantitative estimate of drug-likeness (QED) is 0.313. The standard InChI is InChI=1S/C26H26N4O2.C2HF3O2/c1-19-17-29(18-28-19)23-14-13-22(16-25(23)32-2)30(26(27)31)24(21-11-7-4-8-12-21)15-20-9-5-3-6-10-20;3-2(4,5)1(6)7/h3-14,16-18,24H,15H2,1-2H3,(H2,27,31);(H,6,7). The summed E-state index contributed by atoms with van der Waals surface area (Å²) in [4.78, 5) is 27.6. The molecule has 8 nitrogen and oxygen atoms in total. The van der Waals surface area contributed by atoms with Crippen molar-refractivity contribution in [1.82, 2.24) is 9.55 Å². The summed E-state index contributed by atoms with van der Waals surface area (Å²) < 4.78 is 39.3. The second-order valence-corrected chi connectivity index (χ2v) is 8.41. The van der Waals surface area contributed by atoms with Gasteiger partial charge in [-0.1, -0.05) is 60.7 Å². The summed E-state index contributed by atoms with van der Waals surface area (Å²) in [5.74, 6) is -2.13. The Bertz CT molecular complexity index is 1390. The molecule has 0 spiro atoms. The number of rotatable bonds is 7. The van der Waals surface area contributed by atoms with Gasteiger partial charge in [-0.15, -0.1) is 0 Å². The number of anilines is 1. The third-order valence-electron chi connectivity index (χ3n) is 5.68. The van der Waals surface area contributed by atoms with E-state index in [1.165, 1.54) is 0 Å². The molecule has 4 rings (SSSR count). The molecule has 0 aliphatic heterocycles. The van der Waals surface area contributed by atoms with Crippen molar-refractivity contribution in [2.24, 2.45) is 5.73 Å². The maximum Gasteiger partial charge on any atom is 0.490 e. The number of carbonyl (C=O) groups excluding carboxylic acids is 1. The number of carbonyl (C=O) groups is 2. The summed E-state index contributed by atoms with van der Waals surface area (Å²) in [5.41, 5.74) is 10.5. The smallest absolute Gasteiger partial charge is 0.490 e. The highest BCUT2D eigenvalue weighted by molar-refractivity contribution is 5.92. The number of aryl methyl sites for hydroxylation is 1. The number of alkyl halides is 3. The second kappa shape index (κ2) is 12.6. The number of nitrogens with two attached hydrogens (primary N) is 1. The molecule has 0 aliphatic rings. The fraction of sp³-hybridized carbons (Fsp3) is 0.179. The van der Waals surface area contributed by atoms with Crippen LogP contribution >= 0.6 is 0 Å². The minimum absolute atomic E-state index is 0.276. The van der Waals surface area contributed by atoms with Crippen LogP contribution in [0.5, 0.6) is 5.75 Å². The van der Waals surface area contributed by atoms with Crippen LogP contribution in [-0.4, -0.2) is 39.9 Å². The first-order chi connectivity index (χ1) is 18.5. The number of primary amides is 1. The van der Waals surface area contributed by atoms with Gasteiger partial charge in [0, 0.05) is 18.0 Å². The van der Waals surface area contributed by atoms with Crippen LogP contribution < -0.4 is 15.4 Å². The van der Waals surface area contributed by atoms with E-state index in [0.717, 1.165) is 22.5 Å². The van der Waals surface area contributed by atoms with Crippen molar-refractivity contribution in [3.05, 3.63) is 108 Å². The predicted octanol–water partition coefficient (Wildman–Crippen LogP) is 5.69. The van der Waals surface area contributed by atoms with Crippen molar-refractivity contribution < 1.29 is 32.6 Å². The van der Waals surface area contributed by atoms with E-state index < -0.39 is 18.2 Å². The average molecular weight is 541 g/mol. The van der Waals surface area contributed by atoms with Gasteiger partial charge < -0.3 is 20.1 Å². The number of nitrogens with zero attached hydrogens (tertiary/aromatic N) is 3. The van der Waals surface area contributed by atoms with Crippen LogP contribution in [0.2, 0.25) is 0 Å². The number of imidazole rings is 1. The van der Waals surface area contributed by atoms with Crippen LogP contribution in [0.1, 0.15) is 22.9 Å². The van der Waals surface area contributed by atoms with Gasteiger partial charge in [0.1, 0.15) is 5.75 Å². The molecule has 4 aromatic rings. The van der Waals surface area contributed by atoms with Gasteiger partial charge >= 0.3 is 18.2 Å². The van der Waals surface area contributed by atoms with Crippen LogP contribution in [0.3, 0.4) is 0 Å². The molecule has 2 amide bonds. The van der Waals surface area contributed by atoms with Gasteiger partial charge in [0.05, 0.1) is 30.9 Å². The molecule has 1 unspecified atom stereocenters. The van der Waals surface area contributed by atoms with Gasteiger partial charge in [-0.25, -0.2) is 14.6 Å². The van der Waals surface area contributed by atoms with Crippen LogP contribution in [0.15, 0.2) is 91.4 Å². The van der Waals surface area contributed by atoms with Gasteiger partial charge in [-0.2, -0.15) is 13.2 Å². The predicted molar refractivity (Wildman–Crippen MR) is 140 cm³/mol. The number of ether oxygens (including phenoxy) is 1. The van der Waals surface area contributed by atoms with Crippen LogP contribution in [0.25, 0.3) is 5.69 Å². The highest BCUT2D eigenvalue weighted by atomic mass is 19.4. The number of hydrogen-bond acceptors (Lipinski definition) is 4. The van der Waals surface area contributed by atoms with Crippen molar-refractivity contribution in [3.63, 3.8) is 0 Å². The minimum atomic E-state index is -5.08. The minimum Gasteiger partial charge on any atom is -0.494 e. The molecule has 39 heavy (non-hydrogen) atoms. The Morgan fingerprint density at radius 3 is 2.13 bits per heavy atom. The Hall–Kier alpha value is -4.80. The normalized spacial score (nSPS) is 11.6. The highest BCUT2D eigenvalue weighted by Gasteiger charge is 2.38. The molecule has 0 saturated carbocycles. The lowest BCUT2D eigenvalue weighted by Gasteiger charge is -2.31. The monoisotopic (exact) mass is 540 g/mol. The maximum atomic E-state index is 12.8. The fourth-order valence-electron chi connectivity index (χ4n) is 3.91. The van der Waals surface area contributed by atoms with E-state index in [2.05, 4.69) is 17.1 Å². The molecule has 0 fully saturated rings. The van der Waals surface area contributed by atoms with Gasteiger partial charge in [-0.05, 0) is 36.6 Å². The van der Waals surface area contributed by atoms with Crippen molar-refractivity contribution in [1.29, 1.82) is 0 Å². The summed E-state index contributed by atoms with van der Waals surface area (Å²) >= 11 is 0. The zero-order chi connectivity index (χ0) is 28.6. The molecule has 3 aromatic carbocycles.